The number of nitrogens with zero attached hydrogens (tertiary/aromatic N) is 1. The summed E-state index contributed by atoms with van der Waals surface area (Å²) in [5.74, 6) is -21.1. The van der Waals surface area contributed by atoms with Gasteiger partial charge < -0.3 is 25.4 Å². The second-order valence-electron chi connectivity index (χ2n) is 16.7. The van der Waals surface area contributed by atoms with Gasteiger partial charge in [-0.2, -0.15) is 0 Å². The molecule has 3 aromatic heterocycles. The van der Waals surface area contributed by atoms with E-state index in [1.807, 2.05) is 33.3 Å². The molecule has 0 aliphatic carbocycles. The Labute approximate surface area is 410 Å². The molecule has 0 saturated heterocycles. The number of aromatic nitrogens is 4. The van der Waals surface area contributed by atoms with E-state index >= 15 is 52.7 Å². The van der Waals surface area contributed by atoms with E-state index in [4.69, 9.17) is 5.11 Å². The predicted octanol–water partition coefficient (Wildman–Crippen LogP) is 15.9. The first-order chi connectivity index (χ1) is 34.1. The highest BCUT2D eigenvalue weighted by Gasteiger charge is 2.34. The molecule has 388 valence electrons. The molecule has 0 saturated carbocycles. The zero-order valence-corrected chi connectivity index (χ0v) is 42.1. The van der Waals surface area contributed by atoms with Gasteiger partial charge in [-0.15, -0.1) is 13.2 Å². The summed E-state index contributed by atoms with van der Waals surface area (Å²) < 4.78 is 192. The molecular weight excluding hydrogens is 983 g/mol. The number of fused-ring (bicyclic) bond motifs is 9. The fourth-order valence-electron chi connectivity index (χ4n) is 8.33. The molecule has 6 aromatic rings. The van der Waals surface area contributed by atoms with Crippen LogP contribution in [0.15, 0.2) is 30.2 Å². The van der Waals surface area contributed by atoms with Crippen molar-refractivity contribution in [3.63, 3.8) is 0 Å². The van der Waals surface area contributed by atoms with Gasteiger partial charge in [0.05, 0.1) is 44.6 Å². The van der Waals surface area contributed by atoms with Gasteiger partial charge in [-0.3, -0.25) is 0 Å². The van der Waals surface area contributed by atoms with Crippen LogP contribution in [0.2, 0.25) is 0 Å². The molecule has 0 atom stereocenters. The molecule has 0 amide bonds. The largest absolute Gasteiger partial charge is 0.397 e. The summed E-state index contributed by atoms with van der Waals surface area (Å²) in [4.78, 5) is 14.1. The normalized spacial score (nSPS) is 12.2. The van der Waals surface area contributed by atoms with Crippen molar-refractivity contribution >= 4 is 49.9 Å². The van der Waals surface area contributed by atoms with Crippen LogP contribution in [0.25, 0.3) is 67.6 Å². The number of hydrogen-bond acceptors (Lipinski definition) is 3. The lowest BCUT2D eigenvalue weighted by Crippen LogP contribution is -2.10. The van der Waals surface area contributed by atoms with E-state index in [1.54, 1.807) is 13.8 Å². The highest BCUT2D eigenvalue weighted by Crippen LogP contribution is 2.53. The predicted molar refractivity (Wildman–Crippen MR) is 266 cm³/mol. The minimum absolute atomic E-state index is 0.0593. The van der Waals surface area contributed by atoms with E-state index in [0.717, 1.165) is 26.0 Å². The van der Waals surface area contributed by atoms with Gasteiger partial charge in [0.25, 0.3) is 0 Å². The Balaban J connectivity index is 0.00000131. The van der Waals surface area contributed by atoms with Gasteiger partial charge in [0.2, 0.25) is 0 Å². The van der Waals surface area contributed by atoms with E-state index in [-0.39, 0.29) is 65.0 Å². The monoisotopic (exact) mass is 1040 g/mol. The number of aromatic amines is 3. The third kappa shape index (κ3) is 9.68. The summed E-state index contributed by atoms with van der Waals surface area (Å²) >= 11 is 0. The van der Waals surface area contributed by atoms with Crippen LogP contribution in [0.1, 0.15) is 80.5 Å². The minimum atomic E-state index is -1.90. The van der Waals surface area contributed by atoms with Crippen LogP contribution in [0.5, 0.6) is 0 Å². The van der Waals surface area contributed by atoms with Crippen molar-refractivity contribution in [3.8, 4) is 33.4 Å². The summed E-state index contributed by atoms with van der Waals surface area (Å²) in [6.45, 7) is 18.5. The van der Waals surface area contributed by atoms with Crippen LogP contribution in [0, 0.1) is 90.6 Å². The molecule has 0 unspecified atom stereocenters. The van der Waals surface area contributed by atoms with Crippen molar-refractivity contribution in [1.29, 1.82) is 0 Å². The van der Waals surface area contributed by atoms with Crippen molar-refractivity contribution < 1.29 is 57.8 Å². The Morgan fingerprint density at radius 3 is 1.42 bits per heavy atom. The molecule has 8 rings (SSSR count). The number of nitrogens with one attached hydrogen (secondary N) is 4. The average molecular weight is 1040 g/mol. The molecule has 2 aliphatic rings. The highest BCUT2D eigenvalue weighted by atomic mass is 32.3. The quantitative estimate of drug-likeness (QED) is 0.0596. The van der Waals surface area contributed by atoms with Crippen LogP contribution in [-0.2, 0) is 12.8 Å². The standard InChI is InChI=1S/C47H39F12N5S.C2H6O.C2H6.C2H4/c1-8-14-60-47-43(58)41(56)32(42(57)44(47)59)29-23-13-12-21(62-23)27(30-37(52)33(48)18(4)34(49)38(30)53)20-10-11-22(61-20)28(31-39(54)35(50)19(5)36(51)40(31)55)24-16-26(65(6,7)9-2)46(63-24)25-15-17(3)45(29)64-25;1-2-3;2*1-2/h12-13,15-16,60-61,63-64H,8-11,14H2,1-7H3;3H,2H2,1H3;1-2H3;1-2H2. The smallest absolute Gasteiger partial charge is 0.185 e. The Kier molecular flexibility index (Phi) is 17.8. The molecule has 3 aromatic carbocycles. The SMILES string of the molecule is C=C.CC.CCCNc1c(F)c(F)c(-c2c3nc(c(-c4c(F)c(F)c(C)c(F)c4F)c4[nH]c(c(-c5c(F)c(F)c(C)c(F)c5F)c5cc(S(C)(C)CC)c([nH]5)c5cc(C)c2[nH]5)CC4)C=C3)c(F)c1F.CCO. The Bertz CT molecular complexity index is 3190. The van der Waals surface area contributed by atoms with Crippen LogP contribution < -0.4 is 5.32 Å². The maximum Gasteiger partial charge on any atom is 0.185 e. The average Bonchev–Trinajstić information content (AvgIpc) is 4.22. The molecule has 5 heterocycles. The molecule has 72 heavy (non-hydrogen) atoms. The maximum atomic E-state index is 16.5. The summed E-state index contributed by atoms with van der Waals surface area (Å²) in [5.41, 5.74) is -9.49. The molecule has 0 radical (unpaired) electrons. The summed E-state index contributed by atoms with van der Waals surface area (Å²) in [5, 5.41) is 9.92. The summed E-state index contributed by atoms with van der Waals surface area (Å²) in [6.07, 6.45) is 5.69. The van der Waals surface area contributed by atoms with E-state index in [0.29, 0.717) is 17.1 Å². The minimum Gasteiger partial charge on any atom is -0.397 e. The second kappa shape index (κ2) is 22.6. The highest BCUT2D eigenvalue weighted by molar-refractivity contribution is 8.32. The summed E-state index contributed by atoms with van der Waals surface area (Å²) in [6, 6.07) is 3.02. The number of rotatable bonds is 8. The van der Waals surface area contributed by atoms with Gasteiger partial charge >= 0.3 is 0 Å². The Morgan fingerprint density at radius 2 is 0.958 bits per heavy atom. The van der Waals surface area contributed by atoms with E-state index in [9.17, 15) is 0 Å². The molecule has 5 N–H and O–H groups in total. The Morgan fingerprint density at radius 1 is 0.556 bits per heavy atom. The number of benzene rings is 3. The van der Waals surface area contributed by atoms with Crippen molar-refractivity contribution in [3.05, 3.63) is 135 Å². The third-order valence-electron chi connectivity index (χ3n) is 12.1. The molecule has 2 aliphatic heterocycles. The lowest BCUT2D eigenvalue weighted by molar-refractivity contribution is 0.318. The number of anilines is 1. The van der Waals surface area contributed by atoms with Crippen molar-refractivity contribution in [2.45, 2.75) is 79.5 Å². The topological polar surface area (TPSA) is 92.5 Å². The molecule has 6 nitrogen and oxygen atoms in total. The van der Waals surface area contributed by atoms with Gasteiger partial charge in [-0.1, -0.05) is 27.7 Å². The van der Waals surface area contributed by atoms with E-state index in [1.165, 1.54) is 19.1 Å². The van der Waals surface area contributed by atoms with Crippen molar-refractivity contribution in [2.75, 3.05) is 36.7 Å². The number of hydrogen-bond donors (Lipinski definition) is 5. The van der Waals surface area contributed by atoms with E-state index < -0.39 is 141 Å². The molecule has 8 bridgehead atoms. The van der Waals surface area contributed by atoms with Crippen LogP contribution in [0.3, 0.4) is 0 Å². The van der Waals surface area contributed by atoms with Gasteiger partial charge in [-0.05, 0) is 95.1 Å². The number of aliphatic hydroxyl groups is 1. The van der Waals surface area contributed by atoms with E-state index in [2.05, 4.69) is 38.4 Å². The first-order valence-corrected chi connectivity index (χ1v) is 25.5. The number of halogens is 12. The molecule has 19 heteroatoms. The first-order valence-electron chi connectivity index (χ1n) is 22.8. The van der Waals surface area contributed by atoms with Crippen molar-refractivity contribution in [1.82, 2.24) is 19.9 Å². The molecular formula is C53H55F12N5OS. The van der Waals surface area contributed by atoms with Crippen LogP contribution in [-0.4, -0.2) is 56.5 Å². The fourth-order valence-corrected chi connectivity index (χ4v) is 9.79. The van der Waals surface area contributed by atoms with Gasteiger partial charge in [-0.25, -0.2) is 67.7 Å². The van der Waals surface area contributed by atoms with Crippen molar-refractivity contribution in [2.24, 2.45) is 0 Å². The van der Waals surface area contributed by atoms with Crippen LogP contribution >= 0.6 is 10.0 Å². The number of aryl methyl sites for hydroxylation is 3. The zero-order valence-electron chi connectivity index (χ0n) is 41.3. The number of H-pyrrole nitrogens is 3. The fraction of sp³-hybridized carbons (Fsp3) is 0.302. The van der Waals surface area contributed by atoms with Gasteiger partial charge in [0.15, 0.2) is 69.8 Å². The molecule has 0 spiro atoms. The van der Waals surface area contributed by atoms with Gasteiger partial charge in [0, 0.05) is 62.8 Å². The zero-order chi connectivity index (χ0) is 54.0. The first kappa shape index (κ1) is 56.6. The third-order valence-corrected chi connectivity index (χ3v) is 15.1. The molecule has 0 fully saturated rings. The maximum absolute atomic E-state index is 16.5. The Hall–Kier alpha value is -6.34. The summed E-state index contributed by atoms with van der Waals surface area (Å²) in [7, 11) is -1.90. The lowest BCUT2D eigenvalue weighted by atomic mass is 9.96. The second-order valence-corrected chi connectivity index (χ2v) is 20.8. The van der Waals surface area contributed by atoms with Crippen LogP contribution in [0.4, 0.5) is 58.4 Å². The number of aliphatic hydroxyl groups excluding tert-OH is 1. The lowest BCUT2D eigenvalue weighted by Gasteiger charge is -2.29. The van der Waals surface area contributed by atoms with Gasteiger partial charge in [0.1, 0.15) is 5.69 Å².